The molecule has 2 saturated heterocycles. The number of carboxylic acids is 4. The van der Waals surface area contributed by atoms with Gasteiger partial charge in [0.2, 0.25) is 88.6 Å². The van der Waals surface area contributed by atoms with E-state index in [-0.39, 0.29) is 109 Å². The number of ether oxygens (including phenoxy) is 2. The number of unbranched alkanes of at least 4 members (excludes halogenated alkanes) is 13. The first-order valence-corrected chi connectivity index (χ1v) is 48.6. The van der Waals surface area contributed by atoms with Gasteiger partial charge in [-0.05, 0) is 111 Å². The molecule has 2 fully saturated rings. The number of nitrogens with zero attached hydrogens (tertiary/aromatic N) is 5. The van der Waals surface area contributed by atoms with Crippen molar-refractivity contribution in [2.75, 3.05) is 59.2 Å². The summed E-state index contributed by atoms with van der Waals surface area (Å²) in [4.78, 5) is 269. The zero-order valence-electron chi connectivity index (χ0n) is 80.3. The molecule has 15 amide bonds. The maximum Gasteiger partial charge on any atom is 0.303 e. The Hall–Kier alpha value is -13.9. The highest BCUT2D eigenvalue weighted by atomic mass is 16.5. The normalized spacial score (nSPS) is 18.4. The van der Waals surface area contributed by atoms with Gasteiger partial charge in [0.25, 0.3) is 0 Å². The summed E-state index contributed by atoms with van der Waals surface area (Å²) in [6.07, 6.45) is 7.91. The molecule has 0 aliphatic carbocycles. The van der Waals surface area contributed by atoms with Gasteiger partial charge in [0.1, 0.15) is 78.9 Å². The molecule has 0 saturated carbocycles. The number of amides is 15. The van der Waals surface area contributed by atoms with Gasteiger partial charge in [0.15, 0.2) is 5.96 Å². The molecular formula is C93H141N23O26. The zero-order valence-corrected chi connectivity index (χ0v) is 80.3. The highest BCUT2D eigenvalue weighted by molar-refractivity contribution is 6.01. The summed E-state index contributed by atoms with van der Waals surface area (Å²) in [5.41, 5.74) is 18.9. The second-order valence-electron chi connectivity index (χ2n) is 35.2. The largest absolute Gasteiger partial charge is 0.481 e. The number of benzene rings is 2. The van der Waals surface area contributed by atoms with Crippen LogP contribution < -0.4 is 86.3 Å². The molecule has 0 unspecified atom stereocenters. The smallest absolute Gasteiger partial charge is 0.303 e. The van der Waals surface area contributed by atoms with Crippen LogP contribution in [0, 0.1) is 0 Å². The van der Waals surface area contributed by atoms with E-state index in [2.05, 4.69) is 99.7 Å². The van der Waals surface area contributed by atoms with E-state index in [0.29, 0.717) is 34.9 Å². The van der Waals surface area contributed by atoms with Crippen molar-refractivity contribution in [3.8, 4) is 0 Å². The van der Waals surface area contributed by atoms with Crippen LogP contribution in [0.2, 0.25) is 0 Å². The minimum atomic E-state index is -2.03. The van der Waals surface area contributed by atoms with E-state index in [0.717, 1.165) is 55.7 Å². The lowest BCUT2D eigenvalue weighted by Crippen LogP contribution is -2.61. The Morgan fingerprint density at radius 3 is 1.63 bits per heavy atom. The molecule has 0 spiro atoms. The molecule has 0 radical (unpaired) electrons. The third-order valence-electron chi connectivity index (χ3n) is 23.7. The number of tetrazole rings is 1. The lowest BCUT2D eigenvalue weighted by Gasteiger charge is -2.31. The fourth-order valence-electron chi connectivity index (χ4n) is 16.0. The number of primary amides is 1. The molecule has 784 valence electrons. The van der Waals surface area contributed by atoms with Crippen molar-refractivity contribution in [1.82, 2.24) is 99.6 Å². The van der Waals surface area contributed by atoms with E-state index >= 15 is 19.2 Å². The SMILES string of the molecule is CCCC[C@H](NC(=O)[C@H](CCC(=O)O)NC(=O)[C@H](CCC(=O)O)NC(=O)[C@H](CCC(=O)O)NC(=O)[C@H](CCC(=O)O)NC(=O)CNC(=O)COCCOCCNC(=O)CCCCCCCCCCCCCCCc1nnn[nH]1)C(=O)N[C@H]1CCC(=O)NCCCC[C@@H](C(N)=O)NC(=O)[C@H](Cc2c[nH]c3ccccc23)NC(=O)[C@H](CCCN=C(N)N)NC(=O)[C@@H](Cc2ccccc2)NC(=O)[C@@H]2C[C@@H](O)CN2C1=O. The van der Waals surface area contributed by atoms with Crippen LogP contribution in [0.15, 0.2) is 65.8 Å². The number of H-pyrrole nitrogens is 2. The van der Waals surface area contributed by atoms with Gasteiger partial charge in [0, 0.05) is 107 Å². The van der Waals surface area contributed by atoms with Crippen molar-refractivity contribution in [3.63, 3.8) is 0 Å². The Balaban J connectivity index is 1.11. The summed E-state index contributed by atoms with van der Waals surface area (Å²) in [5.74, 6) is -20.4. The number of carbonyl (C=O) groups is 19. The van der Waals surface area contributed by atoms with E-state index in [9.17, 15) is 97.5 Å². The summed E-state index contributed by atoms with van der Waals surface area (Å²) in [7, 11) is 0. The van der Waals surface area contributed by atoms with Crippen molar-refractivity contribution < 1.29 is 126 Å². The van der Waals surface area contributed by atoms with Crippen LogP contribution >= 0.6 is 0 Å². The number of aliphatic imine (C=N–C) groups is 1. The van der Waals surface area contributed by atoms with Crippen LogP contribution in [-0.4, -0.2) is 306 Å². The number of carbonyl (C=O) groups excluding carboxylic acids is 15. The number of nitrogens with two attached hydrogens (primary N) is 3. The summed E-state index contributed by atoms with van der Waals surface area (Å²) in [5, 5.41) is 97.7. The number of nitrogens with one attached hydrogen (secondary N) is 15. The van der Waals surface area contributed by atoms with E-state index in [4.69, 9.17) is 26.7 Å². The highest BCUT2D eigenvalue weighted by Gasteiger charge is 2.45. The summed E-state index contributed by atoms with van der Waals surface area (Å²) >= 11 is 0. The van der Waals surface area contributed by atoms with Gasteiger partial charge in [0.05, 0.1) is 32.5 Å². The Labute approximate surface area is 821 Å². The average Bonchev–Trinajstić information content (AvgIpc) is 1.66. The van der Waals surface area contributed by atoms with Gasteiger partial charge in [-0.1, -0.05) is 139 Å². The van der Waals surface area contributed by atoms with Gasteiger partial charge in [-0.25, -0.2) is 5.10 Å². The molecular weight excluding hydrogens is 1860 g/mol. The number of aliphatic carboxylic acids is 4. The number of aromatic nitrogens is 5. The lowest BCUT2D eigenvalue weighted by molar-refractivity contribution is -0.143. The lowest BCUT2D eigenvalue weighted by atomic mass is 10.0. The molecule has 2 aliphatic rings. The number of aliphatic hydroxyl groups excluding tert-OH is 1. The van der Waals surface area contributed by atoms with Gasteiger partial charge >= 0.3 is 23.9 Å². The minimum absolute atomic E-state index is 0.0293. The molecule has 26 N–H and O–H groups in total. The molecule has 4 heterocycles. The molecule has 142 heavy (non-hydrogen) atoms. The Bertz CT molecular complexity index is 4790. The van der Waals surface area contributed by atoms with Gasteiger partial charge in [-0.15, -0.1) is 5.10 Å². The van der Waals surface area contributed by atoms with Crippen LogP contribution in [-0.2, 0) is 120 Å². The number of hydrogen-bond acceptors (Lipinski definition) is 26. The second kappa shape index (κ2) is 65.2. The number of carboxylic acid groups (broad SMARTS) is 4. The van der Waals surface area contributed by atoms with E-state index in [1.165, 1.54) is 44.9 Å². The second-order valence-corrected chi connectivity index (χ2v) is 35.2. The Morgan fingerprint density at radius 1 is 0.535 bits per heavy atom. The fourth-order valence-corrected chi connectivity index (χ4v) is 16.0. The first kappa shape index (κ1) is 117. The molecule has 2 aromatic carbocycles. The molecule has 4 aromatic rings. The van der Waals surface area contributed by atoms with Crippen LogP contribution in [0.5, 0.6) is 0 Å². The Morgan fingerprint density at radius 2 is 1.06 bits per heavy atom. The van der Waals surface area contributed by atoms with E-state index in [1.807, 2.05) is 0 Å². The van der Waals surface area contributed by atoms with Crippen molar-refractivity contribution in [3.05, 3.63) is 77.7 Å². The summed E-state index contributed by atoms with van der Waals surface area (Å²) in [6, 6.07) is -3.45. The van der Waals surface area contributed by atoms with Gasteiger partial charge in [-0.2, -0.15) is 0 Å². The molecule has 12 atom stereocenters. The molecule has 2 aromatic heterocycles. The molecule has 6 rings (SSSR count). The third-order valence-corrected chi connectivity index (χ3v) is 23.7. The van der Waals surface area contributed by atoms with Crippen molar-refractivity contribution in [1.29, 1.82) is 0 Å². The van der Waals surface area contributed by atoms with E-state index < -0.39 is 269 Å². The number of aliphatic hydroxyl groups is 1. The topological polar surface area (TPSA) is 764 Å². The molecule has 2 aliphatic heterocycles. The predicted octanol–water partition coefficient (Wildman–Crippen LogP) is -1.49. The fraction of sp³-hybridized carbons (Fsp3) is 0.624. The van der Waals surface area contributed by atoms with Crippen molar-refractivity contribution in [2.24, 2.45) is 22.2 Å². The first-order chi connectivity index (χ1) is 68.1. The number of aryl methyl sites for hydroxylation is 1. The minimum Gasteiger partial charge on any atom is -0.481 e. The predicted molar refractivity (Wildman–Crippen MR) is 510 cm³/mol. The van der Waals surface area contributed by atoms with E-state index in [1.54, 1.807) is 67.7 Å². The zero-order chi connectivity index (χ0) is 104. The standard InChI is InChI=1S/C93H141N23O26/c1-2-3-28-63(83(131)109-69-34-39-75(119)97-44-23-22-30-62(82(94)130)103-90(138)71(51-58-53-100-61-29-21-20-27-60(58)61)110-84(132)64(31-24-45-99-93(95)96)105-89(137)70(50-57-25-16-15-17-26-57)111-91(139)72-52-59(117)55-116(72)92(69)140)104-86(134)66(36-41-79(124)125)107-88(136)68(38-43-81(128)129)108-87(135)67(37-42-80(126)127)106-85(133)65(35-40-78(122)123)102-76(120)54-101-77(121)56-142-49-48-141-47-46-98-74(118)33-19-14-12-10-8-6-4-5-7-9-11-13-18-32-73-112-114-115-113-73/h15-17,20-21,25-27,29,53,59,62-72,100,117H,2-14,18-19,22-24,28,30-52,54-56H2,1H3,(H2,94,130)(H,97,119)(H,98,118)(H,101,121)(H,102,120)(H,103,138)(H,104,134)(H,105,137)(H,106,133)(H,107,136)(H,108,135)(H,109,131)(H,110,132)(H,111,139)(H,122,123)(H,124,125)(H,126,127)(H,128,129)(H4,95,96,99)(H,112,113,114,115)/t59-,62+,63+,64+,65+,66+,67+,68+,69+,70-,71+,72+/m1/s1. The van der Waals surface area contributed by atoms with Crippen molar-refractivity contribution >= 4 is 129 Å². The van der Waals surface area contributed by atoms with Crippen LogP contribution in [0.3, 0.4) is 0 Å². The van der Waals surface area contributed by atoms with Crippen molar-refractivity contribution in [2.45, 2.75) is 311 Å². The number of para-hydroxylation sites is 1. The number of guanidine groups is 1. The van der Waals surface area contributed by atoms with Crippen LogP contribution in [0.25, 0.3) is 10.9 Å². The number of hydrogen-bond donors (Lipinski definition) is 23. The maximum atomic E-state index is 15.4. The monoisotopic (exact) mass is 2000 g/mol. The third kappa shape index (κ3) is 46.0. The van der Waals surface area contributed by atoms with Gasteiger partial charge < -0.3 is 131 Å². The Kier molecular flexibility index (Phi) is 53.6. The van der Waals surface area contributed by atoms with Crippen LogP contribution in [0.1, 0.15) is 236 Å². The molecule has 49 nitrogen and oxygen atoms in total. The summed E-state index contributed by atoms with van der Waals surface area (Å²) < 4.78 is 10.8. The first-order valence-electron chi connectivity index (χ1n) is 48.6. The maximum absolute atomic E-state index is 15.4. The average molecular weight is 2000 g/mol. The summed E-state index contributed by atoms with van der Waals surface area (Å²) in [6.45, 7) is -0.0206. The number of fused-ring (bicyclic) bond motifs is 2. The molecule has 49 heteroatoms. The van der Waals surface area contributed by atoms with Crippen LogP contribution in [0.4, 0.5) is 0 Å². The molecule has 0 bridgehead atoms. The number of rotatable bonds is 61. The highest BCUT2D eigenvalue weighted by Crippen LogP contribution is 2.25. The van der Waals surface area contributed by atoms with Gasteiger partial charge in [-0.3, -0.25) is 96.1 Å². The number of aromatic amines is 2. The quantitative estimate of drug-likeness (QED) is 0.0136.